The summed E-state index contributed by atoms with van der Waals surface area (Å²) in [4.78, 5) is 0. The first kappa shape index (κ1) is 13.5. The van der Waals surface area contributed by atoms with Crippen LogP contribution in [-0.4, -0.2) is 31.8 Å². The lowest BCUT2D eigenvalue weighted by molar-refractivity contribution is 0.268. The molecule has 2 aromatic rings. The average Bonchev–Trinajstić information content (AvgIpc) is 2.84. The molecule has 1 aromatic heterocycles. The van der Waals surface area contributed by atoms with Gasteiger partial charge in [-0.15, -0.1) is 5.10 Å². The fourth-order valence-corrected chi connectivity index (χ4v) is 1.80. The highest BCUT2D eigenvalue weighted by Gasteiger charge is 2.07. The summed E-state index contributed by atoms with van der Waals surface area (Å²) in [6, 6.07) is 7.27. The monoisotopic (exact) mass is 262 g/mol. The maximum absolute atomic E-state index is 9.43. The molecule has 1 unspecified atom stereocenters. The second kappa shape index (κ2) is 6.31. The van der Waals surface area contributed by atoms with Gasteiger partial charge in [-0.1, -0.05) is 17.3 Å². The van der Waals surface area contributed by atoms with Crippen molar-refractivity contribution in [2.45, 2.75) is 26.1 Å². The van der Waals surface area contributed by atoms with Gasteiger partial charge in [-0.05, 0) is 24.6 Å². The molecule has 6 nitrogen and oxygen atoms in total. The molecule has 0 aliphatic heterocycles. The molecule has 0 saturated carbocycles. The Morgan fingerprint density at radius 2 is 2.26 bits per heavy atom. The zero-order chi connectivity index (χ0) is 13.7. The highest BCUT2D eigenvalue weighted by Crippen LogP contribution is 2.17. The first-order valence-corrected chi connectivity index (χ1v) is 6.21. The third kappa shape index (κ3) is 3.77. The van der Waals surface area contributed by atoms with Crippen LogP contribution in [0.2, 0.25) is 0 Å². The maximum atomic E-state index is 9.43. The number of rotatable bonds is 6. The Kier molecular flexibility index (Phi) is 4.48. The topological polar surface area (TPSA) is 83.2 Å². The van der Waals surface area contributed by atoms with E-state index in [2.05, 4.69) is 15.6 Å². The van der Waals surface area contributed by atoms with Gasteiger partial charge in [0.25, 0.3) is 0 Å². The highest BCUT2D eigenvalue weighted by molar-refractivity contribution is 5.29. The predicted octanol–water partition coefficient (Wildman–Crippen LogP) is 0.827. The van der Waals surface area contributed by atoms with Crippen molar-refractivity contribution in [2.75, 3.05) is 6.61 Å². The molecule has 1 heterocycles. The summed E-state index contributed by atoms with van der Waals surface area (Å²) in [5, 5.41) is 29.4. The van der Waals surface area contributed by atoms with Crippen LogP contribution in [0.1, 0.15) is 24.2 Å². The van der Waals surface area contributed by atoms with Crippen molar-refractivity contribution in [3.05, 3.63) is 41.7 Å². The Bertz CT molecular complexity index is 527. The summed E-state index contributed by atoms with van der Waals surface area (Å²) in [7, 11) is 0. The molecule has 0 amide bonds. The number of aliphatic hydroxyl groups excluding tert-OH is 1. The molecule has 0 saturated heterocycles. The molecule has 0 bridgehead atoms. The van der Waals surface area contributed by atoms with Crippen molar-refractivity contribution in [2.24, 2.45) is 0 Å². The molecule has 6 heteroatoms. The van der Waals surface area contributed by atoms with Crippen LogP contribution in [0.15, 0.2) is 30.5 Å². The maximum Gasteiger partial charge on any atom is 0.115 e. The van der Waals surface area contributed by atoms with Gasteiger partial charge in [0, 0.05) is 18.8 Å². The molecule has 0 spiro atoms. The van der Waals surface area contributed by atoms with Gasteiger partial charge >= 0.3 is 0 Å². The van der Waals surface area contributed by atoms with E-state index in [0.29, 0.717) is 13.1 Å². The van der Waals surface area contributed by atoms with Crippen molar-refractivity contribution < 1.29 is 10.2 Å². The molecule has 0 fully saturated rings. The van der Waals surface area contributed by atoms with Gasteiger partial charge < -0.3 is 15.5 Å². The molecule has 0 aliphatic carbocycles. The lowest BCUT2D eigenvalue weighted by atomic mass is 10.1. The third-order valence-corrected chi connectivity index (χ3v) is 2.87. The molecule has 1 aromatic carbocycles. The van der Waals surface area contributed by atoms with Crippen molar-refractivity contribution in [3.63, 3.8) is 0 Å². The fraction of sp³-hybridized carbons (Fsp3) is 0.385. The van der Waals surface area contributed by atoms with Gasteiger partial charge in [0.05, 0.1) is 18.8 Å². The lowest BCUT2D eigenvalue weighted by Gasteiger charge is -2.13. The Morgan fingerprint density at radius 1 is 1.42 bits per heavy atom. The molecule has 19 heavy (non-hydrogen) atoms. The zero-order valence-corrected chi connectivity index (χ0v) is 10.8. The molecule has 102 valence electrons. The van der Waals surface area contributed by atoms with E-state index >= 15 is 0 Å². The Morgan fingerprint density at radius 3 is 3.00 bits per heavy atom. The zero-order valence-electron chi connectivity index (χ0n) is 10.8. The highest BCUT2D eigenvalue weighted by atomic mass is 16.3. The first-order chi connectivity index (χ1) is 9.19. The SMILES string of the molecule is CC(NCc1cn(CCO)nn1)c1cccc(O)c1. The molecule has 0 aliphatic rings. The van der Waals surface area contributed by atoms with Crippen LogP contribution in [0, 0.1) is 0 Å². The van der Waals surface area contributed by atoms with Crippen LogP contribution in [0.3, 0.4) is 0 Å². The van der Waals surface area contributed by atoms with E-state index in [4.69, 9.17) is 5.11 Å². The second-order valence-corrected chi connectivity index (χ2v) is 4.39. The van der Waals surface area contributed by atoms with E-state index in [1.54, 1.807) is 23.0 Å². The van der Waals surface area contributed by atoms with Crippen LogP contribution in [0.5, 0.6) is 5.75 Å². The number of hydrogen-bond acceptors (Lipinski definition) is 5. The standard InChI is InChI=1S/C13H18N4O2/c1-10(11-3-2-4-13(19)7-11)14-8-12-9-17(5-6-18)16-15-12/h2-4,7,9-10,14,18-19H,5-6,8H2,1H3. The fourth-order valence-electron chi connectivity index (χ4n) is 1.80. The Balaban J connectivity index is 1.90. The first-order valence-electron chi connectivity index (χ1n) is 6.21. The number of aromatic nitrogens is 3. The number of hydrogen-bond donors (Lipinski definition) is 3. The minimum Gasteiger partial charge on any atom is -0.508 e. The summed E-state index contributed by atoms with van der Waals surface area (Å²) in [6.07, 6.45) is 1.80. The van der Waals surface area contributed by atoms with Gasteiger partial charge in [0.15, 0.2) is 0 Å². The normalized spacial score (nSPS) is 12.5. The second-order valence-electron chi connectivity index (χ2n) is 4.39. The number of benzene rings is 1. The summed E-state index contributed by atoms with van der Waals surface area (Å²) in [5.41, 5.74) is 1.84. The summed E-state index contributed by atoms with van der Waals surface area (Å²) >= 11 is 0. The van der Waals surface area contributed by atoms with Crippen LogP contribution >= 0.6 is 0 Å². The third-order valence-electron chi connectivity index (χ3n) is 2.87. The number of aliphatic hydroxyl groups is 1. The summed E-state index contributed by atoms with van der Waals surface area (Å²) in [5.74, 6) is 0.264. The Hall–Kier alpha value is -1.92. The van der Waals surface area contributed by atoms with Gasteiger partial charge in [0.1, 0.15) is 5.75 Å². The van der Waals surface area contributed by atoms with Gasteiger partial charge in [-0.25, -0.2) is 4.68 Å². The number of nitrogens with zero attached hydrogens (tertiary/aromatic N) is 3. The van der Waals surface area contributed by atoms with Gasteiger partial charge in [0.2, 0.25) is 0 Å². The smallest absolute Gasteiger partial charge is 0.115 e. The number of phenolic OH excluding ortho intramolecular Hbond substituents is 1. The molecule has 3 N–H and O–H groups in total. The number of nitrogens with one attached hydrogen (secondary N) is 1. The van der Waals surface area contributed by atoms with E-state index in [0.717, 1.165) is 11.3 Å². The van der Waals surface area contributed by atoms with E-state index in [1.807, 2.05) is 19.1 Å². The minimum absolute atomic E-state index is 0.0515. The van der Waals surface area contributed by atoms with Crippen LogP contribution < -0.4 is 5.32 Å². The van der Waals surface area contributed by atoms with E-state index in [1.165, 1.54) is 0 Å². The largest absolute Gasteiger partial charge is 0.508 e. The quantitative estimate of drug-likeness (QED) is 0.718. The molecular formula is C13H18N4O2. The number of phenols is 1. The molecule has 2 rings (SSSR count). The van der Waals surface area contributed by atoms with Gasteiger partial charge in [-0.2, -0.15) is 0 Å². The van der Waals surface area contributed by atoms with Crippen LogP contribution in [0.25, 0.3) is 0 Å². The molecule has 1 atom stereocenters. The number of aromatic hydroxyl groups is 1. The molecular weight excluding hydrogens is 244 g/mol. The van der Waals surface area contributed by atoms with Crippen molar-refractivity contribution in [3.8, 4) is 5.75 Å². The van der Waals surface area contributed by atoms with Crippen molar-refractivity contribution in [1.82, 2.24) is 20.3 Å². The minimum atomic E-state index is 0.0515. The predicted molar refractivity (Wildman–Crippen MR) is 70.5 cm³/mol. The van der Waals surface area contributed by atoms with E-state index in [9.17, 15) is 5.11 Å². The van der Waals surface area contributed by atoms with Gasteiger partial charge in [-0.3, -0.25) is 0 Å². The molecule has 0 radical (unpaired) electrons. The average molecular weight is 262 g/mol. The Labute approximate surface area is 111 Å². The lowest BCUT2D eigenvalue weighted by Crippen LogP contribution is -2.18. The van der Waals surface area contributed by atoms with Crippen molar-refractivity contribution in [1.29, 1.82) is 0 Å². The summed E-state index contributed by atoms with van der Waals surface area (Å²) < 4.78 is 1.61. The van der Waals surface area contributed by atoms with Crippen LogP contribution in [-0.2, 0) is 13.1 Å². The summed E-state index contributed by atoms with van der Waals surface area (Å²) in [6.45, 7) is 3.11. The van der Waals surface area contributed by atoms with Crippen LogP contribution in [0.4, 0.5) is 0 Å². The van der Waals surface area contributed by atoms with E-state index in [-0.39, 0.29) is 18.4 Å². The van der Waals surface area contributed by atoms with E-state index < -0.39 is 0 Å². The van der Waals surface area contributed by atoms with Crippen molar-refractivity contribution >= 4 is 0 Å².